The lowest BCUT2D eigenvalue weighted by Crippen LogP contribution is -2.36. The van der Waals surface area contributed by atoms with Gasteiger partial charge in [-0.3, -0.25) is 10.2 Å². The third kappa shape index (κ3) is 6.75. The van der Waals surface area contributed by atoms with Crippen LogP contribution in [0.5, 0.6) is 5.75 Å². The molecule has 0 atom stereocenters. The van der Waals surface area contributed by atoms with E-state index in [0.717, 1.165) is 39.5 Å². The number of allylic oxidation sites excluding steroid dienone is 2. The molecule has 0 fully saturated rings. The van der Waals surface area contributed by atoms with Gasteiger partial charge in [-0.25, -0.2) is 4.98 Å². The van der Waals surface area contributed by atoms with Crippen LogP contribution in [0.1, 0.15) is 41.5 Å². The van der Waals surface area contributed by atoms with E-state index in [2.05, 4.69) is 4.98 Å². The summed E-state index contributed by atoms with van der Waals surface area (Å²) in [4.78, 5) is 15.4. The Balaban J connectivity index is 1.63. The van der Waals surface area contributed by atoms with Crippen LogP contribution in [0.4, 0.5) is 0 Å². The minimum Gasteiger partial charge on any atom is -0.493 e. The first kappa shape index (κ1) is 24.6. The van der Waals surface area contributed by atoms with Gasteiger partial charge in [0, 0.05) is 37.0 Å². The molecule has 34 heavy (non-hydrogen) atoms. The predicted octanol–water partition coefficient (Wildman–Crippen LogP) is 3.74. The average Bonchev–Trinajstić information content (AvgIpc) is 3.17. The van der Waals surface area contributed by atoms with Gasteiger partial charge < -0.3 is 19.7 Å². The Labute approximate surface area is 199 Å². The van der Waals surface area contributed by atoms with Crippen molar-refractivity contribution in [1.29, 1.82) is 5.41 Å². The van der Waals surface area contributed by atoms with Crippen LogP contribution in [-0.4, -0.2) is 34.1 Å². The first-order chi connectivity index (χ1) is 16.2. The fraction of sp³-hybridized carbons (Fsp3) is 0.259. The molecule has 0 unspecified atom stereocenters. The maximum Gasteiger partial charge on any atom is 0.303 e. The van der Waals surface area contributed by atoms with Crippen LogP contribution in [0.2, 0.25) is 0 Å². The van der Waals surface area contributed by atoms with E-state index in [1.807, 2.05) is 56.3 Å². The Bertz CT molecular complexity index is 1240. The zero-order chi connectivity index (χ0) is 24.7. The Morgan fingerprint density at radius 3 is 2.68 bits per heavy atom. The lowest BCUT2D eigenvalue weighted by atomic mass is 10.0. The van der Waals surface area contributed by atoms with Crippen LogP contribution in [-0.2, 0) is 17.6 Å². The first-order valence-electron chi connectivity index (χ1n) is 11.1. The van der Waals surface area contributed by atoms with Crippen LogP contribution in [0.3, 0.4) is 0 Å². The number of aliphatic carboxylic acids is 1. The molecule has 2 aromatic carbocycles. The molecule has 1 heterocycles. The van der Waals surface area contributed by atoms with Crippen LogP contribution in [0.25, 0.3) is 11.5 Å². The fourth-order valence-corrected chi connectivity index (χ4v) is 3.46. The van der Waals surface area contributed by atoms with Crippen molar-refractivity contribution < 1.29 is 24.5 Å². The number of carboxylic acid groups (broad SMARTS) is 1. The maximum atomic E-state index is 10.8. The van der Waals surface area contributed by atoms with Crippen molar-refractivity contribution in [2.75, 3.05) is 6.61 Å². The van der Waals surface area contributed by atoms with Crippen molar-refractivity contribution in [2.45, 2.75) is 40.0 Å². The van der Waals surface area contributed by atoms with Crippen molar-refractivity contribution in [1.82, 2.24) is 4.98 Å². The molecular weight excluding hydrogens is 430 g/mol. The summed E-state index contributed by atoms with van der Waals surface area (Å²) in [5.74, 6) is 1.17. The highest BCUT2D eigenvalue weighted by molar-refractivity contribution is 6.09. The number of hydrogen-bond acceptors (Lipinski definition) is 5. The van der Waals surface area contributed by atoms with E-state index >= 15 is 0 Å². The number of carboxylic acids is 1. The zero-order valence-electron chi connectivity index (χ0n) is 19.7. The quantitative estimate of drug-likeness (QED) is 0.376. The van der Waals surface area contributed by atoms with Gasteiger partial charge in [0.1, 0.15) is 11.5 Å². The Morgan fingerprint density at radius 1 is 1.18 bits per heavy atom. The summed E-state index contributed by atoms with van der Waals surface area (Å²) in [5.41, 5.74) is 5.38. The van der Waals surface area contributed by atoms with E-state index in [-0.39, 0.29) is 6.42 Å². The number of nitrogens with zero attached hydrogens (tertiary/aromatic N) is 1. The number of aryl methyl sites for hydroxylation is 3. The molecule has 0 radical (unpaired) electrons. The number of oxazole rings is 1. The highest BCUT2D eigenvalue weighted by Gasteiger charge is 2.13. The van der Waals surface area contributed by atoms with Crippen molar-refractivity contribution in [3.05, 3.63) is 82.8 Å². The SMILES string of the molecule is CC(=[NH2+])/C=C\C(=N)c1cccc(-c2nc(CCOc3ccc(CCC(=O)O)c(C)c3)c(C)o2)c1. The molecule has 176 valence electrons. The molecule has 0 saturated heterocycles. The number of hydrogen-bond donors (Lipinski definition) is 3. The second-order valence-electron chi connectivity index (χ2n) is 8.17. The smallest absolute Gasteiger partial charge is 0.303 e. The molecular formula is C27H30N3O4+. The summed E-state index contributed by atoms with van der Waals surface area (Å²) in [7, 11) is 0. The molecule has 0 amide bonds. The van der Waals surface area contributed by atoms with Crippen molar-refractivity contribution in [3.63, 3.8) is 0 Å². The highest BCUT2D eigenvalue weighted by atomic mass is 16.5. The lowest BCUT2D eigenvalue weighted by molar-refractivity contribution is -0.137. The number of nitrogens with two attached hydrogens (primary N) is 1. The molecule has 0 saturated carbocycles. The summed E-state index contributed by atoms with van der Waals surface area (Å²) in [5, 5.41) is 22.7. The van der Waals surface area contributed by atoms with Gasteiger partial charge in [-0.15, -0.1) is 0 Å². The van der Waals surface area contributed by atoms with E-state index in [1.165, 1.54) is 0 Å². The molecule has 3 rings (SSSR count). The van der Waals surface area contributed by atoms with Crippen LogP contribution >= 0.6 is 0 Å². The molecule has 3 aromatic rings. The number of ether oxygens (including phenoxy) is 1. The van der Waals surface area contributed by atoms with E-state index in [9.17, 15) is 4.79 Å². The Hall–Kier alpha value is -4.00. The summed E-state index contributed by atoms with van der Waals surface area (Å²) >= 11 is 0. The van der Waals surface area contributed by atoms with Gasteiger partial charge in [0.2, 0.25) is 5.89 Å². The molecule has 0 bridgehead atoms. The normalized spacial score (nSPS) is 11.0. The van der Waals surface area contributed by atoms with E-state index in [0.29, 0.717) is 36.8 Å². The molecule has 1 aromatic heterocycles. The van der Waals surface area contributed by atoms with E-state index in [1.54, 1.807) is 19.1 Å². The first-order valence-corrected chi connectivity index (χ1v) is 11.1. The molecule has 4 N–H and O–H groups in total. The number of carbonyl (C=O) groups is 1. The fourth-order valence-electron chi connectivity index (χ4n) is 3.46. The molecule has 0 aliphatic carbocycles. The Kier molecular flexibility index (Phi) is 8.14. The second kappa shape index (κ2) is 11.2. The standard InChI is InChI=1S/C27H29N3O4/c1-17-15-23(10-8-20(17)9-12-26(31)32)33-14-13-25-19(3)34-27(30-25)22-6-4-5-21(16-22)24(29)11-7-18(2)28/h4-8,10-11,15-16,28-29H,9,12-14H2,1-3H3,(H,31,32)/p+1/b11-7-,28-18?,29-24?. The van der Waals surface area contributed by atoms with Gasteiger partial charge in [-0.2, -0.15) is 0 Å². The van der Waals surface area contributed by atoms with Gasteiger partial charge >= 0.3 is 5.97 Å². The molecule has 0 spiro atoms. The van der Waals surface area contributed by atoms with Crippen molar-refractivity contribution >= 4 is 17.4 Å². The highest BCUT2D eigenvalue weighted by Crippen LogP contribution is 2.24. The monoisotopic (exact) mass is 460 g/mol. The van der Waals surface area contributed by atoms with Crippen molar-refractivity contribution in [2.24, 2.45) is 0 Å². The van der Waals surface area contributed by atoms with Gasteiger partial charge in [-0.05, 0) is 61.7 Å². The number of nitrogens with one attached hydrogen (secondary N) is 1. The predicted molar refractivity (Wildman–Crippen MR) is 132 cm³/mol. The topological polar surface area (TPSA) is 122 Å². The lowest BCUT2D eigenvalue weighted by Gasteiger charge is -2.09. The second-order valence-corrected chi connectivity index (χ2v) is 8.17. The number of rotatable bonds is 11. The zero-order valence-corrected chi connectivity index (χ0v) is 19.7. The molecule has 0 aliphatic rings. The summed E-state index contributed by atoms with van der Waals surface area (Å²) in [6, 6.07) is 13.2. The van der Waals surface area contributed by atoms with Crippen LogP contribution in [0.15, 0.2) is 59.0 Å². The average molecular weight is 461 g/mol. The number of aromatic nitrogens is 1. The largest absolute Gasteiger partial charge is 0.493 e. The number of benzene rings is 2. The van der Waals surface area contributed by atoms with Gasteiger partial charge in [0.05, 0.1) is 18.0 Å². The minimum atomic E-state index is -0.802. The third-order valence-corrected chi connectivity index (χ3v) is 5.36. The van der Waals surface area contributed by atoms with Crippen LogP contribution < -0.4 is 10.1 Å². The Morgan fingerprint density at radius 2 is 1.97 bits per heavy atom. The summed E-state index contributed by atoms with van der Waals surface area (Å²) < 4.78 is 11.8. The summed E-state index contributed by atoms with van der Waals surface area (Å²) in [6.45, 7) is 6.05. The van der Waals surface area contributed by atoms with Crippen LogP contribution in [0, 0.1) is 19.3 Å². The molecule has 7 nitrogen and oxygen atoms in total. The van der Waals surface area contributed by atoms with Gasteiger partial charge in [0.15, 0.2) is 5.71 Å². The summed E-state index contributed by atoms with van der Waals surface area (Å²) in [6.07, 6.45) is 4.57. The van der Waals surface area contributed by atoms with E-state index < -0.39 is 5.97 Å². The van der Waals surface area contributed by atoms with Gasteiger partial charge in [0.25, 0.3) is 0 Å². The molecule has 0 aliphatic heterocycles. The third-order valence-electron chi connectivity index (χ3n) is 5.36. The maximum absolute atomic E-state index is 10.8. The van der Waals surface area contributed by atoms with Crippen molar-refractivity contribution in [3.8, 4) is 17.2 Å². The minimum absolute atomic E-state index is 0.113. The van der Waals surface area contributed by atoms with Gasteiger partial charge in [-0.1, -0.05) is 18.2 Å². The molecule has 7 heteroatoms. The van der Waals surface area contributed by atoms with E-state index in [4.69, 9.17) is 25.1 Å².